The van der Waals surface area contributed by atoms with Gasteiger partial charge >= 0.3 is 0 Å². The summed E-state index contributed by atoms with van der Waals surface area (Å²) in [5.41, 5.74) is 4.45. The van der Waals surface area contributed by atoms with Gasteiger partial charge < -0.3 is 10.6 Å². The number of aryl methyl sites for hydroxylation is 1. The molecule has 0 spiro atoms. The number of anilines is 2. The van der Waals surface area contributed by atoms with Crippen LogP contribution < -0.4 is 10.6 Å². The molecule has 0 aliphatic heterocycles. The molecule has 2 N–H and O–H groups in total. The number of hydrogen-bond acceptors (Lipinski definition) is 3. The average Bonchev–Trinajstić information content (AvgIpc) is 3.20. The molecule has 0 saturated carbocycles. The molecule has 0 aliphatic carbocycles. The number of carbonyl (C=O) groups is 2. The van der Waals surface area contributed by atoms with E-state index in [1.807, 2.05) is 31.2 Å². The van der Waals surface area contributed by atoms with Gasteiger partial charge in [0.15, 0.2) is 0 Å². The second-order valence-corrected chi connectivity index (χ2v) is 7.40. The number of nitrogens with one attached hydrogen (secondary N) is 2. The molecule has 0 bridgehead atoms. The zero-order valence-electron chi connectivity index (χ0n) is 17.6. The molecule has 160 valence electrons. The van der Waals surface area contributed by atoms with Crippen LogP contribution in [0.1, 0.15) is 22.8 Å². The molecule has 3 aromatic carbocycles. The number of benzene rings is 3. The van der Waals surface area contributed by atoms with Gasteiger partial charge in [0, 0.05) is 30.1 Å². The normalized spacial score (nSPS) is 10.6. The first-order chi connectivity index (χ1) is 15.4. The summed E-state index contributed by atoms with van der Waals surface area (Å²) < 4.78 is 14.9. The Balaban J connectivity index is 1.72. The van der Waals surface area contributed by atoms with Crippen molar-refractivity contribution >= 4 is 23.2 Å². The smallest absolute Gasteiger partial charge is 0.259 e. The Bertz CT molecular complexity index is 1300. The predicted octanol–water partition coefficient (Wildman–Crippen LogP) is 5.20. The number of amides is 2. The Morgan fingerprint density at radius 3 is 2.28 bits per heavy atom. The maximum absolute atomic E-state index is 13.4. The van der Waals surface area contributed by atoms with Crippen LogP contribution in [0, 0.1) is 12.7 Å². The first kappa shape index (κ1) is 21.0. The largest absolute Gasteiger partial charge is 0.326 e. The standard InChI is InChI=1S/C25H21FN4O2/c1-16-5-3-6-18(13-16)24-23(15-30(29-24)22-11-9-19(26)10-12-22)25(32)28-21-8-4-7-20(14-21)27-17(2)31/h3-15H,1-2H3,(H,27,31)(H,28,32). The molecule has 0 unspecified atom stereocenters. The van der Waals surface area contributed by atoms with Crippen molar-refractivity contribution in [3.05, 3.63) is 95.9 Å². The Morgan fingerprint density at radius 1 is 0.906 bits per heavy atom. The van der Waals surface area contributed by atoms with Gasteiger partial charge in [-0.1, -0.05) is 29.8 Å². The van der Waals surface area contributed by atoms with Crippen LogP contribution in [0.15, 0.2) is 79.0 Å². The van der Waals surface area contributed by atoms with Crippen molar-refractivity contribution in [3.8, 4) is 16.9 Å². The highest BCUT2D eigenvalue weighted by molar-refractivity contribution is 6.08. The first-order valence-electron chi connectivity index (χ1n) is 10.0. The molecular weight excluding hydrogens is 407 g/mol. The summed E-state index contributed by atoms with van der Waals surface area (Å²) in [6, 6.07) is 20.5. The molecule has 0 saturated heterocycles. The van der Waals surface area contributed by atoms with Crippen molar-refractivity contribution in [2.24, 2.45) is 0 Å². The number of hydrogen-bond donors (Lipinski definition) is 2. The minimum atomic E-state index is -0.352. The van der Waals surface area contributed by atoms with E-state index in [-0.39, 0.29) is 17.6 Å². The van der Waals surface area contributed by atoms with Gasteiger partial charge in [0.05, 0.1) is 11.3 Å². The van der Waals surface area contributed by atoms with E-state index in [4.69, 9.17) is 0 Å². The van der Waals surface area contributed by atoms with Crippen LogP contribution >= 0.6 is 0 Å². The fourth-order valence-electron chi connectivity index (χ4n) is 3.35. The van der Waals surface area contributed by atoms with Crippen LogP contribution in [0.25, 0.3) is 16.9 Å². The summed E-state index contributed by atoms with van der Waals surface area (Å²) in [5.74, 6) is -0.901. The Kier molecular flexibility index (Phi) is 5.81. The van der Waals surface area contributed by atoms with E-state index >= 15 is 0 Å². The zero-order chi connectivity index (χ0) is 22.7. The zero-order valence-corrected chi connectivity index (χ0v) is 17.6. The molecule has 4 rings (SSSR count). The highest BCUT2D eigenvalue weighted by Gasteiger charge is 2.19. The molecular formula is C25H21FN4O2. The van der Waals surface area contributed by atoms with Crippen molar-refractivity contribution in [2.75, 3.05) is 10.6 Å². The minimum Gasteiger partial charge on any atom is -0.326 e. The maximum Gasteiger partial charge on any atom is 0.259 e. The van der Waals surface area contributed by atoms with Gasteiger partial charge in [0.25, 0.3) is 5.91 Å². The number of halogens is 1. The van der Waals surface area contributed by atoms with Crippen LogP contribution in [0.2, 0.25) is 0 Å². The summed E-state index contributed by atoms with van der Waals surface area (Å²) >= 11 is 0. The van der Waals surface area contributed by atoms with Crippen molar-refractivity contribution in [1.29, 1.82) is 0 Å². The molecule has 1 heterocycles. The summed E-state index contributed by atoms with van der Waals surface area (Å²) in [4.78, 5) is 24.5. The number of nitrogens with zero attached hydrogens (tertiary/aromatic N) is 2. The van der Waals surface area contributed by atoms with Crippen LogP contribution in [0.5, 0.6) is 0 Å². The molecule has 0 fully saturated rings. The van der Waals surface area contributed by atoms with Gasteiger partial charge in [0.1, 0.15) is 11.5 Å². The lowest BCUT2D eigenvalue weighted by molar-refractivity contribution is -0.114. The molecule has 32 heavy (non-hydrogen) atoms. The quantitative estimate of drug-likeness (QED) is 0.459. The monoisotopic (exact) mass is 428 g/mol. The van der Waals surface area contributed by atoms with Crippen molar-refractivity contribution in [3.63, 3.8) is 0 Å². The molecule has 2 amide bonds. The highest BCUT2D eigenvalue weighted by atomic mass is 19.1. The van der Waals surface area contributed by atoms with E-state index in [1.54, 1.807) is 47.3 Å². The molecule has 4 aromatic rings. The Labute approximate surface area is 184 Å². The maximum atomic E-state index is 13.4. The molecule has 0 aliphatic rings. The van der Waals surface area contributed by atoms with Crippen molar-refractivity contribution in [2.45, 2.75) is 13.8 Å². The SMILES string of the molecule is CC(=O)Nc1cccc(NC(=O)c2cn(-c3ccc(F)cc3)nc2-c2cccc(C)c2)c1. The number of aromatic nitrogens is 2. The Hall–Kier alpha value is -4.26. The van der Waals surface area contributed by atoms with E-state index in [0.29, 0.717) is 28.3 Å². The van der Waals surface area contributed by atoms with Gasteiger partial charge in [-0.25, -0.2) is 9.07 Å². The van der Waals surface area contributed by atoms with Gasteiger partial charge in [0.2, 0.25) is 5.91 Å². The van der Waals surface area contributed by atoms with Gasteiger partial charge in [-0.3, -0.25) is 9.59 Å². The van der Waals surface area contributed by atoms with Crippen LogP contribution in [-0.4, -0.2) is 21.6 Å². The molecule has 0 radical (unpaired) electrons. The second kappa shape index (κ2) is 8.85. The molecule has 7 heteroatoms. The Morgan fingerprint density at radius 2 is 1.59 bits per heavy atom. The van der Waals surface area contributed by atoms with Crippen LogP contribution in [0.4, 0.5) is 15.8 Å². The van der Waals surface area contributed by atoms with E-state index in [9.17, 15) is 14.0 Å². The second-order valence-electron chi connectivity index (χ2n) is 7.40. The van der Waals surface area contributed by atoms with Gasteiger partial charge in [-0.2, -0.15) is 5.10 Å². The van der Waals surface area contributed by atoms with Gasteiger partial charge in [-0.05, 0) is 55.5 Å². The third-order valence-electron chi connectivity index (χ3n) is 4.78. The summed E-state index contributed by atoms with van der Waals surface area (Å²) in [6.45, 7) is 3.39. The lowest BCUT2D eigenvalue weighted by Gasteiger charge is -2.08. The van der Waals surface area contributed by atoms with Crippen LogP contribution in [-0.2, 0) is 4.79 Å². The van der Waals surface area contributed by atoms with Crippen LogP contribution in [0.3, 0.4) is 0 Å². The first-order valence-corrected chi connectivity index (χ1v) is 10.0. The highest BCUT2D eigenvalue weighted by Crippen LogP contribution is 2.26. The van der Waals surface area contributed by atoms with E-state index in [0.717, 1.165) is 11.1 Å². The third-order valence-corrected chi connectivity index (χ3v) is 4.78. The van der Waals surface area contributed by atoms with E-state index in [2.05, 4.69) is 15.7 Å². The topological polar surface area (TPSA) is 76.0 Å². The third kappa shape index (κ3) is 4.73. The molecule has 0 atom stereocenters. The van der Waals surface area contributed by atoms with E-state index in [1.165, 1.54) is 19.1 Å². The molecule has 6 nitrogen and oxygen atoms in total. The summed E-state index contributed by atoms with van der Waals surface area (Å²) in [6.07, 6.45) is 1.62. The molecule has 1 aromatic heterocycles. The lowest BCUT2D eigenvalue weighted by atomic mass is 10.1. The lowest BCUT2D eigenvalue weighted by Crippen LogP contribution is -2.13. The van der Waals surface area contributed by atoms with E-state index < -0.39 is 0 Å². The summed E-state index contributed by atoms with van der Waals surface area (Å²) in [7, 11) is 0. The predicted molar refractivity (Wildman–Crippen MR) is 122 cm³/mol. The fraction of sp³-hybridized carbons (Fsp3) is 0.0800. The number of rotatable bonds is 5. The number of carbonyl (C=O) groups excluding carboxylic acids is 2. The van der Waals surface area contributed by atoms with Gasteiger partial charge in [-0.15, -0.1) is 0 Å². The fourth-order valence-corrected chi connectivity index (χ4v) is 3.35. The average molecular weight is 428 g/mol. The van der Waals surface area contributed by atoms with Crippen molar-refractivity contribution < 1.29 is 14.0 Å². The van der Waals surface area contributed by atoms with Crippen molar-refractivity contribution in [1.82, 2.24) is 9.78 Å². The minimum absolute atomic E-state index is 0.198. The summed E-state index contributed by atoms with van der Waals surface area (Å²) in [5, 5.41) is 10.2.